The molecule has 0 aromatic carbocycles. The molecule has 2 heterocycles. The van der Waals surface area contributed by atoms with E-state index in [1.165, 1.54) is 11.3 Å². The van der Waals surface area contributed by atoms with Crippen molar-refractivity contribution in [1.29, 1.82) is 0 Å². The second-order valence-electron chi connectivity index (χ2n) is 4.03. The summed E-state index contributed by atoms with van der Waals surface area (Å²) < 4.78 is 35.6. The van der Waals surface area contributed by atoms with Crippen LogP contribution >= 0.6 is 11.3 Å². The van der Waals surface area contributed by atoms with E-state index < -0.39 is 34.4 Å². The number of nitrogens with one attached hydrogen (secondary N) is 1. The van der Waals surface area contributed by atoms with Crippen LogP contribution in [0.5, 0.6) is 0 Å². The van der Waals surface area contributed by atoms with Gasteiger partial charge in [-0.25, -0.2) is 9.29 Å². The molecule has 2 amide bonds. The van der Waals surface area contributed by atoms with Gasteiger partial charge in [0.2, 0.25) is 11.6 Å². The number of hydrogen-bond donors (Lipinski definition) is 2. The number of nitrogens with zero attached hydrogens (tertiary/aromatic N) is 2. The van der Waals surface area contributed by atoms with Crippen molar-refractivity contribution < 1.29 is 27.3 Å². The van der Waals surface area contributed by atoms with Crippen LogP contribution in [-0.4, -0.2) is 53.5 Å². The molecule has 2 N–H and O–H groups in total. The van der Waals surface area contributed by atoms with Crippen molar-refractivity contribution in [2.45, 2.75) is 12.1 Å². The lowest BCUT2D eigenvalue weighted by molar-refractivity contribution is -0.180. The van der Waals surface area contributed by atoms with Gasteiger partial charge in [-0.3, -0.25) is 14.1 Å². The molecule has 0 spiro atoms. The van der Waals surface area contributed by atoms with E-state index in [1.807, 2.05) is 0 Å². The number of aromatic nitrogens is 1. The number of carbonyl (C=O) groups excluding carboxylic acids is 2. The number of thiazole rings is 1. The second-order valence-corrected chi connectivity index (χ2v) is 6.08. The maximum Gasteiger partial charge on any atom is 0.362 e. The molecule has 1 saturated heterocycles. The summed E-state index contributed by atoms with van der Waals surface area (Å²) in [7, 11) is -3.49. The lowest BCUT2D eigenvalue weighted by atomic mass is 10.1. The summed E-state index contributed by atoms with van der Waals surface area (Å²) in [5, 5.41) is 3.98. The Morgan fingerprint density at radius 1 is 1.70 bits per heavy atom. The topological polar surface area (TPSA) is 126 Å². The molecule has 9 nitrogen and oxygen atoms in total. The Bertz CT molecular complexity index is 628. The number of rotatable bonds is 5. The quantitative estimate of drug-likeness (QED) is 0.396. The van der Waals surface area contributed by atoms with E-state index >= 15 is 0 Å². The Hall–Kier alpha value is -1.56. The summed E-state index contributed by atoms with van der Waals surface area (Å²) in [6, 6.07) is 0. The Kier molecular flexibility index (Phi) is 3.77. The van der Waals surface area contributed by atoms with Gasteiger partial charge >= 0.3 is 10.3 Å². The lowest BCUT2D eigenvalue weighted by Gasteiger charge is -2.44. The molecule has 1 aromatic heterocycles. The fourth-order valence-corrected chi connectivity index (χ4v) is 2.95. The summed E-state index contributed by atoms with van der Waals surface area (Å²) in [4.78, 5) is 27.4. The first-order valence-electron chi connectivity index (χ1n) is 5.31. The third-order valence-corrected chi connectivity index (χ3v) is 4.22. The molecule has 1 aliphatic heterocycles. The highest BCUT2D eigenvalue weighted by Crippen LogP contribution is 2.26. The van der Waals surface area contributed by atoms with E-state index in [-0.39, 0.29) is 10.7 Å². The second kappa shape index (κ2) is 5.09. The van der Waals surface area contributed by atoms with Gasteiger partial charge in [-0.1, -0.05) is 0 Å². The van der Waals surface area contributed by atoms with Gasteiger partial charge in [-0.2, -0.15) is 8.42 Å². The normalized spacial score (nSPS) is 22.5. The molecule has 20 heavy (non-hydrogen) atoms. The molecule has 0 saturated carbocycles. The monoisotopic (exact) mass is 321 g/mol. The first-order chi connectivity index (χ1) is 9.28. The molecule has 0 bridgehead atoms. The van der Waals surface area contributed by atoms with Crippen molar-refractivity contribution >= 4 is 33.5 Å². The maximum atomic E-state index is 11.8. The summed E-state index contributed by atoms with van der Waals surface area (Å²) in [6.45, 7) is -0.482. The molecule has 2 rings (SSSR count). The zero-order valence-corrected chi connectivity index (χ0v) is 11.9. The van der Waals surface area contributed by atoms with E-state index in [0.717, 1.165) is 7.11 Å². The molecular formula is C9H11N3O6S2. The highest BCUT2D eigenvalue weighted by Gasteiger charge is 2.58. The summed E-state index contributed by atoms with van der Waals surface area (Å²) in [5.74, 6) is -1.59. The van der Waals surface area contributed by atoms with Crippen LogP contribution in [0.3, 0.4) is 0 Å². The highest BCUT2D eigenvalue weighted by molar-refractivity contribution is 7.84. The Labute approximate surface area is 118 Å². The molecular weight excluding hydrogens is 310 g/mol. The van der Waals surface area contributed by atoms with E-state index in [9.17, 15) is 18.0 Å². The first-order valence-corrected chi connectivity index (χ1v) is 7.65. The average Bonchev–Trinajstić information content (AvgIpc) is 2.84. The van der Waals surface area contributed by atoms with Crippen LogP contribution in [0.2, 0.25) is 0 Å². The van der Waals surface area contributed by atoms with Crippen LogP contribution in [0.15, 0.2) is 10.9 Å². The van der Waals surface area contributed by atoms with E-state index in [1.54, 1.807) is 10.9 Å². The smallest absolute Gasteiger partial charge is 0.349 e. The highest BCUT2D eigenvalue weighted by atomic mass is 32.2. The van der Waals surface area contributed by atoms with Gasteiger partial charge in [0, 0.05) is 12.5 Å². The van der Waals surface area contributed by atoms with Gasteiger partial charge in [0.05, 0.1) is 24.2 Å². The summed E-state index contributed by atoms with van der Waals surface area (Å²) in [5.41, 5.74) is 0.323. The Morgan fingerprint density at radius 3 is 2.85 bits per heavy atom. The summed E-state index contributed by atoms with van der Waals surface area (Å²) >= 11 is 1.32. The van der Waals surface area contributed by atoms with Crippen molar-refractivity contribution in [3.8, 4) is 0 Å². The van der Waals surface area contributed by atoms with Crippen LogP contribution in [0.4, 0.5) is 0 Å². The molecule has 0 radical (unpaired) electrons. The lowest BCUT2D eigenvalue weighted by Crippen LogP contribution is -2.76. The number of β-lactam (4-membered cyclic amide) rings is 1. The van der Waals surface area contributed by atoms with Crippen molar-refractivity contribution in [3.05, 3.63) is 16.6 Å². The minimum atomic E-state index is -4.64. The fourth-order valence-electron chi connectivity index (χ4n) is 1.69. The molecule has 0 aliphatic carbocycles. The fraction of sp³-hybridized carbons (Fsp3) is 0.444. The number of hydrogen-bond acceptors (Lipinski definition) is 7. The number of ether oxygens (including phenoxy) is 1. The standard InChI is InChI=1S/C9H11N3O6S2/c1-18-9(4-12(8(9)14)20(15,16)17)11-7(13)2-6-3-19-5-10-6/h3,5H,2,4H2,1H3,(H,11,13)(H,15,16,17)/t9-/m1/s1. The zero-order valence-electron chi connectivity index (χ0n) is 10.3. The van der Waals surface area contributed by atoms with Gasteiger partial charge < -0.3 is 10.1 Å². The van der Waals surface area contributed by atoms with Crippen molar-refractivity contribution in [2.75, 3.05) is 13.7 Å². The molecule has 1 fully saturated rings. The minimum absolute atomic E-state index is 0.0617. The number of methoxy groups -OCH3 is 1. The van der Waals surface area contributed by atoms with Crippen LogP contribution < -0.4 is 5.32 Å². The van der Waals surface area contributed by atoms with Gasteiger partial charge in [0.25, 0.3) is 5.91 Å². The SMILES string of the molecule is CO[C@]1(NC(=O)Cc2cscn2)CN(S(=O)(=O)O)C1=O. The molecule has 1 aliphatic rings. The van der Waals surface area contributed by atoms with E-state index in [0.29, 0.717) is 5.69 Å². The molecule has 1 atom stereocenters. The first kappa shape index (κ1) is 14.8. The average molecular weight is 321 g/mol. The van der Waals surface area contributed by atoms with Gasteiger partial charge in [0.15, 0.2) is 0 Å². The third-order valence-electron chi connectivity index (χ3n) is 2.73. The molecule has 110 valence electrons. The minimum Gasteiger partial charge on any atom is -0.349 e. The van der Waals surface area contributed by atoms with Gasteiger partial charge in [-0.05, 0) is 0 Å². The molecule has 1 aromatic rings. The van der Waals surface area contributed by atoms with Gasteiger partial charge in [-0.15, -0.1) is 11.3 Å². The predicted octanol–water partition coefficient (Wildman–Crippen LogP) is -1.21. The van der Waals surface area contributed by atoms with E-state index in [4.69, 9.17) is 9.29 Å². The van der Waals surface area contributed by atoms with Crippen molar-refractivity contribution in [3.63, 3.8) is 0 Å². The van der Waals surface area contributed by atoms with Crippen LogP contribution in [-0.2, 0) is 31.1 Å². The number of amides is 2. The molecule has 11 heteroatoms. The largest absolute Gasteiger partial charge is 0.362 e. The van der Waals surface area contributed by atoms with Crippen LogP contribution in [0, 0.1) is 0 Å². The van der Waals surface area contributed by atoms with Crippen molar-refractivity contribution in [1.82, 2.24) is 14.6 Å². The zero-order chi connectivity index (χ0) is 15.0. The van der Waals surface area contributed by atoms with Gasteiger partial charge in [0.1, 0.15) is 0 Å². The van der Waals surface area contributed by atoms with Crippen LogP contribution in [0.1, 0.15) is 5.69 Å². The maximum absolute atomic E-state index is 11.8. The molecule has 0 unspecified atom stereocenters. The predicted molar refractivity (Wildman–Crippen MR) is 67.0 cm³/mol. The number of carbonyl (C=O) groups is 2. The van der Waals surface area contributed by atoms with Crippen molar-refractivity contribution in [2.24, 2.45) is 0 Å². The van der Waals surface area contributed by atoms with Crippen LogP contribution in [0.25, 0.3) is 0 Å². The Balaban J connectivity index is 2.04. The Morgan fingerprint density at radius 2 is 2.40 bits per heavy atom. The van der Waals surface area contributed by atoms with E-state index in [2.05, 4.69) is 10.3 Å². The third kappa shape index (κ3) is 2.65. The summed E-state index contributed by atoms with van der Waals surface area (Å²) in [6.07, 6.45) is -0.0617.